The van der Waals surface area contributed by atoms with Crippen LogP contribution in [-0.2, 0) is 6.42 Å². The van der Waals surface area contributed by atoms with Crippen LogP contribution in [0.25, 0.3) is 0 Å². The molecule has 0 bridgehead atoms. The van der Waals surface area contributed by atoms with Crippen LogP contribution >= 0.6 is 11.6 Å². The van der Waals surface area contributed by atoms with Gasteiger partial charge in [-0.1, -0.05) is 11.6 Å². The molecular formula is C13H12ClNO2. The Morgan fingerprint density at radius 1 is 1.47 bits per heavy atom. The van der Waals surface area contributed by atoms with Gasteiger partial charge in [-0.3, -0.25) is 9.78 Å². The van der Waals surface area contributed by atoms with Crippen molar-refractivity contribution in [2.75, 3.05) is 0 Å². The quantitative estimate of drug-likeness (QED) is 0.784. The summed E-state index contributed by atoms with van der Waals surface area (Å²) in [5.74, 6) is 1.40. The first kappa shape index (κ1) is 11.9. The molecule has 4 heteroatoms. The van der Waals surface area contributed by atoms with Gasteiger partial charge in [-0.05, 0) is 31.5 Å². The summed E-state index contributed by atoms with van der Waals surface area (Å²) in [4.78, 5) is 15.9. The number of aryl methyl sites for hydroxylation is 2. The van der Waals surface area contributed by atoms with E-state index in [9.17, 15) is 4.79 Å². The lowest BCUT2D eigenvalue weighted by atomic mass is 10.0. The number of hydrogen-bond acceptors (Lipinski definition) is 3. The molecule has 2 aromatic heterocycles. The van der Waals surface area contributed by atoms with E-state index in [1.807, 2.05) is 6.92 Å². The van der Waals surface area contributed by atoms with E-state index in [0.29, 0.717) is 16.3 Å². The molecule has 0 aliphatic heterocycles. The molecule has 2 rings (SSSR count). The molecule has 0 saturated heterocycles. The molecule has 2 aromatic rings. The predicted molar refractivity (Wildman–Crippen MR) is 65.5 cm³/mol. The van der Waals surface area contributed by atoms with Crippen molar-refractivity contribution >= 4 is 17.4 Å². The minimum atomic E-state index is 0.00690. The second-order valence-electron chi connectivity index (χ2n) is 3.89. The molecule has 0 aromatic carbocycles. The Labute approximate surface area is 104 Å². The third kappa shape index (κ3) is 2.56. The van der Waals surface area contributed by atoms with Gasteiger partial charge in [0.05, 0.1) is 10.6 Å². The molecule has 0 aliphatic carbocycles. The number of halogens is 1. The van der Waals surface area contributed by atoms with Crippen LogP contribution in [0.2, 0.25) is 5.02 Å². The van der Waals surface area contributed by atoms with Crippen LogP contribution in [0.15, 0.2) is 28.9 Å². The average molecular weight is 250 g/mol. The van der Waals surface area contributed by atoms with E-state index < -0.39 is 0 Å². The maximum absolute atomic E-state index is 12.1. The van der Waals surface area contributed by atoms with Crippen molar-refractivity contribution < 1.29 is 9.21 Å². The number of carbonyl (C=O) groups is 1. The number of ketones is 1. The molecule has 0 fully saturated rings. The van der Waals surface area contributed by atoms with Crippen molar-refractivity contribution in [2.24, 2.45) is 0 Å². The van der Waals surface area contributed by atoms with Gasteiger partial charge in [0.2, 0.25) is 0 Å². The number of Topliss-reactive ketones (excluding diaryl/α,β-unsaturated/α-hetero) is 1. The summed E-state index contributed by atoms with van der Waals surface area (Å²) >= 11 is 5.96. The van der Waals surface area contributed by atoms with Gasteiger partial charge >= 0.3 is 0 Å². The highest BCUT2D eigenvalue weighted by Gasteiger charge is 2.15. The first-order valence-electron chi connectivity index (χ1n) is 5.26. The number of nitrogens with zero attached hydrogens (tertiary/aromatic N) is 1. The zero-order valence-corrected chi connectivity index (χ0v) is 10.4. The largest absolute Gasteiger partial charge is 0.466 e. The number of carbonyl (C=O) groups excluding carboxylic acids is 1. The molecule has 0 aliphatic rings. The standard InChI is InChI=1S/C13H12ClNO2/c1-8-5-11(9(2)17-8)13(16)6-10-3-4-15-7-12(10)14/h3-5,7H,6H2,1-2H3. The zero-order chi connectivity index (χ0) is 12.4. The summed E-state index contributed by atoms with van der Waals surface area (Å²) in [6.07, 6.45) is 3.43. The van der Waals surface area contributed by atoms with E-state index >= 15 is 0 Å². The number of hydrogen-bond donors (Lipinski definition) is 0. The van der Waals surface area contributed by atoms with E-state index in [1.54, 1.807) is 25.3 Å². The molecule has 88 valence electrons. The third-order valence-electron chi connectivity index (χ3n) is 2.55. The monoisotopic (exact) mass is 249 g/mol. The lowest BCUT2D eigenvalue weighted by Crippen LogP contribution is -2.04. The Balaban J connectivity index is 2.23. The smallest absolute Gasteiger partial charge is 0.170 e. The first-order valence-corrected chi connectivity index (χ1v) is 5.64. The van der Waals surface area contributed by atoms with Gasteiger partial charge in [-0.2, -0.15) is 0 Å². The van der Waals surface area contributed by atoms with Gasteiger partial charge in [-0.15, -0.1) is 0 Å². The van der Waals surface area contributed by atoms with E-state index in [2.05, 4.69) is 4.98 Å². The summed E-state index contributed by atoms with van der Waals surface area (Å²) in [5.41, 5.74) is 1.40. The molecule has 0 radical (unpaired) electrons. The average Bonchev–Trinajstić information content (AvgIpc) is 2.61. The lowest BCUT2D eigenvalue weighted by Gasteiger charge is -2.01. The fraction of sp³-hybridized carbons (Fsp3) is 0.231. The van der Waals surface area contributed by atoms with Gasteiger partial charge in [0.1, 0.15) is 11.5 Å². The molecule has 0 N–H and O–H groups in total. The van der Waals surface area contributed by atoms with Gasteiger partial charge in [-0.25, -0.2) is 0 Å². The number of pyridine rings is 1. The molecule has 17 heavy (non-hydrogen) atoms. The fourth-order valence-electron chi connectivity index (χ4n) is 1.72. The molecule has 0 atom stereocenters. The molecule has 0 spiro atoms. The van der Waals surface area contributed by atoms with Crippen LogP contribution in [0.5, 0.6) is 0 Å². The normalized spacial score (nSPS) is 10.5. The number of aromatic nitrogens is 1. The topological polar surface area (TPSA) is 43.1 Å². The van der Waals surface area contributed by atoms with Crippen LogP contribution in [0.4, 0.5) is 0 Å². The van der Waals surface area contributed by atoms with Crippen LogP contribution < -0.4 is 0 Å². The van der Waals surface area contributed by atoms with E-state index in [0.717, 1.165) is 11.3 Å². The minimum Gasteiger partial charge on any atom is -0.466 e. The Morgan fingerprint density at radius 3 is 2.82 bits per heavy atom. The highest BCUT2D eigenvalue weighted by Crippen LogP contribution is 2.19. The number of furan rings is 1. The summed E-state index contributed by atoms with van der Waals surface area (Å²) < 4.78 is 5.34. The lowest BCUT2D eigenvalue weighted by molar-refractivity contribution is 0.0991. The highest BCUT2D eigenvalue weighted by atomic mass is 35.5. The Bertz CT molecular complexity index is 560. The van der Waals surface area contributed by atoms with E-state index in [1.165, 1.54) is 6.20 Å². The van der Waals surface area contributed by atoms with Gasteiger partial charge in [0.25, 0.3) is 0 Å². The fourth-order valence-corrected chi connectivity index (χ4v) is 1.91. The van der Waals surface area contributed by atoms with Gasteiger partial charge in [0.15, 0.2) is 5.78 Å². The Morgan fingerprint density at radius 2 is 2.24 bits per heavy atom. The Hall–Kier alpha value is -1.61. The van der Waals surface area contributed by atoms with Crippen molar-refractivity contribution in [3.63, 3.8) is 0 Å². The summed E-state index contributed by atoms with van der Waals surface area (Å²) in [6.45, 7) is 3.61. The van der Waals surface area contributed by atoms with Crippen LogP contribution in [0.1, 0.15) is 27.4 Å². The minimum absolute atomic E-state index is 0.00690. The summed E-state index contributed by atoms with van der Waals surface area (Å²) in [6, 6.07) is 3.51. The Kier molecular flexibility index (Phi) is 3.29. The summed E-state index contributed by atoms with van der Waals surface area (Å²) in [7, 11) is 0. The molecule has 0 amide bonds. The van der Waals surface area contributed by atoms with Gasteiger partial charge in [0, 0.05) is 18.8 Å². The van der Waals surface area contributed by atoms with E-state index in [4.69, 9.17) is 16.0 Å². The van der Waals surface area contributed by atoms with Crippen molar-refractivity contribution in [1.82, 2.24) is 4.98 Å². The number of rotatable bonds is 3. The maximum Gasteiger partial charge on any atom is 0.170 e. The van der Waals surface area contributed by atoms with Gasteiger partial charge < -0.3 is 4.42 Å². The van der Waals surface area contributed by atoms with Crippen molar-refractivity contribution in [2.45, 2.75) is 20.3 Å². The molecule has 3 nitrogen and oxygen atoms in total. The molecule has 2 heterocycles. The van der Waals surface area contributed by atoms with Crippen molar-refractivity contribution in [3.8, 4) is 0 Å². The first-order chi connectivity index (χ1) is 8.08. The van der Waals surface area contributed by atoms with E-state index in [-0.39, 0.29) is 12.2 Å². The molecule has 0 unspecified atom stereocenters. The highest BCUT2D eigenvalue weighted by molar-refractivity contribution is 6.31. The zero-order valence-electron chi connectivity index (χ0n) is 9.66. The third-order valence-corrected chi connectivity index (χ3v) is 2.89. The van der Waals surface area contributed by atoms with Crippen molar-refractivity contribution in [1.29, 1.82) is 0 Å². The van der Waals surface area contributed by atoms with Crippen LogP contribution in [0.3, 0.4) is 0 Å². The van der Waals surface area contributed by atoms with Crippen LogP contribution in [0, 0.1) is 13.8 Å². The predicted octanol–water partition coefficient (Wildman–Crippen LogP) is 3.37. The SMILES string of the molecule is Cc1cc(C(=O)Cc2ccncc2Cl)c(C)o1. The second kappa shape index (κ2) is 4.72. The van der Waals surface area contributed by atoms with Crippen molar-refractivity contribution in [3.05, 3.63) is 52.2 Å². The maximum atomic E-state index is 12.1. The summed E-state index contributed by atoms with van der Waals surface area (Å²) in [5, 5.41) is 0.513. The second-order valence-corrected chi connectivity index (χ2v) is 4.30. The van der Waals surface area contributed by atoms with Crippen LogP contribution in [-0.4, -0.2) is 10.8 Å². The molecule has 0 saturated carbocycles. The molecular weight excluding hydrogens is 238 g/mol.